The van der Waals surface area contributed by atoms with E-state index in [0.29, 0.717) is 16.9 Å². The van der Waals surface area contributed by atoms with E-state index in [2.05, 4.69) is 4.99 Å². The summed E-state index contributed by atoms with van der Waals surface area (Å²) in [5.74, 6) is 0.349. The molecule has 22 heavy (non-hydrogen) atoms. The van der Waals surface area contributed by atoms with Gasteiger partial charge >= 0.3 is 0 Å². The molecule has 0 spiro atoms. The summed E-state index contributed by atoms with van der Waals surface area (Å²) in [7, 11) is 0. The van der Waals surface area contributed by atoms with Gasteiger partial charge in [-0.3, -0.25) is 0 Å². The first-order valence-electron chi connectivity index (χ1n) is 6.66. The van der Waals surface area contributed by atoms with E-state index < -0.39 is 0 Å². The molecule has 0 unspecified atom stereocenters. The van der Waals surface area contributed by atoms with E-state index in [-0.39, 0.29) is 11.7 Å². The fourth-order valence-corrected chi connectivity index (χ4v) is 2.01. The van der Waals surface area contributed by atoms with Crippen molar-refractivity contribution in [3.63, 3.8) is 0 Å². The lowest BCUT2D eigenvalue weighted by Crippen LogP contribution is -1.85. The molecule has 106 valence electrons. The molecule has 0 N–H and O–H groups in total. The SMILES string of the molecule is N#Cc1cc(-c2ccccc2)oc1/N=C/c1ccccc1F. The predicted molar refractivity (Wildman–Crippen MR) is 82.5 cm³/mol. The van der Waals surface area contributed by atoms with Gasteiger partial charge in [-0.2, -0.15) is 5.26 Å². The number of halogens is 1. The standard InChI is InChI=1S/C18H11FN2O/c19-16-9-5-4-8-14(16)12-21-18-15(11-20)10-17(22-18)13-6-2-1-3-7-13/h1-10,12H/b21-12+. The Morgan fingerprint density at radius 2 is 1.77 bits per heavy atom. The number of hydrogen-bond acceptors (Lipinski definition) is 3. The van der Waals surface area contributed by atoms with Crippen molar-refractivity contribution >= 4 is 12.1 Å². The van der Waals surface area contributed by atoms with Crippen LogP contribution in [0.25, 0.3) is 11.3 Å². The third kappa shape index (κ3) is 2.79. The summed E-state index contributed by atoms with van der Waals surface area (Å²) in [4.78, 5) is 4.10. The van der Waals surface area contributed by atoms with Crippen LogP contribution in [0.5, 0.6) is 0 Å². The minimum atomic E-state index is -0.375. The van der Waals surface area contributed by atoms with Crippen molar-refractivity contribution < 1.29 is 8.81 Å². The maximum absolute atomic E-state index is 13.6. The van der Waals surface area contributed by atoms with E-state index >= 15 is 0 Å². The van der Waals surface area contributed by atoms with Crippen molar-refractivity contribution in [2.24, 2.45) is 4.99 Å². The highest BCUT2D eigenvalue weighted by Gasteiger charge is 2.11. The van der Waals surface area contributed by atoms with E-state index in [1.807, 2.05) is 36.4 Å². The number of hydrogen-bond donors (Lipinski definition) is 0. The molecule has 3 aromatic rings. The Morgan fingerprint density at radius 3 is 2.50 bits per heavy atom. The molecule has 0 fully saturated rings. The van der Waals surface area contributed by atoms with Crippen LogP contribution in [-0.2, 0) is 0 Å². The topological polar surface area (TPSA) is 49.3 Å². The fraction of sp³-hybridized carbons (Fsp3) is 0. The molecule has 0 aliphatic carbocycles. The van der Waals surface area contributed by atoms with Crippen LogP contribution in [0.4, 0.5) is 10.3 Å². The Bertz CT molecular complexity index is 860. The van der Waals surface area contributed by atoms with E-state index in [9.17, 15) is 9.65 Å². The van der Waals surface area contributed by atoms with E-state index in [0.717, 1.165) is 5.56 Å². The molecule has 3 rings (SSSR count). The highest BCUT2D eigenvalue weighted by Crippen LogP contribution is 2.30. The Hall–Kier alpha value is -3.19. The third-order valence-corrected chi connectivity index (χ3v) is 3.12. The fourth-order valence-electron chi connectivity index (χ4n) is 2.01. The summed E-state index contributed by atoms with van der Waals surface area (Å²) < 4.78 is 19.2. The van der Waals surface area contributed by atoms with Gasteiger partial charge in [-0.25, -0.2) is 9.38 Å². The van der Waals surface area contributed by atoms with Crippen LogP contribution < -0.4 is 0 Å². The predicted octanol–water partition coefficient (Wildman–Crippen LogP) is 4.71. The van der Waals surface area contributed by atoms with Crippen LogP contribution in [0.1, 0.15) is 11.1 Å². The first-order chi connectivity index (χ1) is 10.8. The molecule has 0 amide bonds. The lowest BCUT2D eigenvalue weighted by Gasteiger charge is -1.95. The van der Waals surface area contributed by atoms with Crippen LogP contribution >= 0.6 is 0 Å². The van der Waals surface area contributed by atoms with Gasteiger partial charge in [0.2, 0.25) is 5.88 Å². The first kappa shape index (κ1) is 13.8. The minimum Gasteiger partial charge on any atom is -0.437 e. The molecule has 0 saturated heterocycles. The second-order valence-electron chi connectivity index (χ2n) is 4.59. The van der Waals surface area contributed by atoms with Gasteiger partial charge < -0.3 is 4.42 Å². The number of benzene rings is 2. The molecule has 0 bridgehead atoms. The third-order valence-electron chi connectivity index (χ3n) is 3.12. The smallest absolute Gasteiger partial charge is 0.237 e. The number of nitrogens with zero attached hydrogens (tertiary/aromatic N) is 2. The van der Waals surface area contributed by atoms with Crippen molar-refractivity contribution in [1.82, 2.24) is 0 Å². The Morgan fingerprint density at radius 1 is 1.05 bits per heavy atom. The van der Waals surface area contributed by atoms with E-state index in [4.69, 9.17) is 4.42 Å². The summed E-state index contributed by atoms with van der Waals surface area (Å²) >= 11 is 0. The maximum Gasteiger partial charge on any atom is 0.237 e. The monoisotopic (exact) mass is 290 g/mol. The largest absolute Gasteiger partial charge is 0.437 e. The van der Waals surface area contributed by atoms with Crippen molar-refractivity contribution in [2.75, 3.05) is 0 Å². The molecule has 1 aromatic heterocycles. The van der Waals surface area contributed by atoms with Gasteiger partial charge in [0.15, 0.2) is 0 Å². The molecule has 0 aliphatic rings. The highest BCUT2D eigenvalue weighted by atomic mass is 19.1. The molecule has 3 nitrogen and oxygen atoms in total. The lowest BCUT2D eigenvalue weighted by molar-refractivity contribution is 0.592. The average molecular weight is 290 g/mol. The van der Waals surface area contributed by atoms with Gasteiger partial charge in [0, 0.05) is 23.4 Å². The Labute approximate surface area is 127 Å². The normalized spacial score (nSPS) is 10.7. The van der Waals surface area contributed by atoms with Crippen molar-refractivity contribution in [3.05, 3.63) is 77.6 Å². The van der Waals surface area contributed by atoms with Gasteiger partial charge in [0.05, 0.1) is 0 Å². The van der Waals surface area contributed by atoms with Gasteiger partial charge in [-0.05, 0) is 6.07 Å². The summed E-state index contributed by atoms with van der Waals surface area (Å²) in [6, 6.07) is 19.4. The van der Waals surface area contributed by atoms with Crippen LogP contribution in [0.2, 0.25) is 0 Å². The Kier molecular flexibility index (Phi) is 3.80. The molecule has 0 radical (unpaired) electrons. The summed E-state index contributed by atoms with van der Waals surface area (Å²) in [6.45, 7) is 0. The summed E-state index contributed by atoms with van der Waals surface area (Å²) in [5, 5.41) is 9.17. The zero-order valence-electron chi connectivity index (χ0n) is 11.5. The number of nitriles is 1. The van der Waals surface area contributed by atoms with Crippen LogP contribution in [0.15, 0.2) is 70.1 Å². The van der Waals surface area contributed by atoms with Gasteiger partial charge in [0.25, 0.3) is 0 Å². The maximum atomic E-state index is 13.6. The van der Waals surface area contributed by atoms with Crippen LogP contribution in [0.3, 0.4) is 0 Å². The summed E-state index contributed by atoms with van der Waals surface area (Å²) in [6.07, 6.45) is 1.35. The number of furan rings is 1. The molecule has 4 heteroatoms. The molecule has 0 atom stereocenters. The average Bonchev–Trinajstić information content (AvgIpc) is 2.98. The van der Waals surface area contributed by atoms with Gasteiger partial charge in [-0.1, -0.05) is 48.5 Å². The van der Waals surface area contributed by atoms with Gasteiger partial charge in [-0.15, -0.1) is 0 Å². The van der Waals surface area contributed by atoms with E-state index in [1.165, 1.54) is 12.3 Å². The molecular formula is C18H11FN2O. The minimum absolute atomic E-state index is 0.171. The van der Waals surface area contributed by atoms with Crippen molar-refractivity contribution in [3.8, 4) is 17.4 Å². The first-order valence-corrected chi connectivity index (χ1v) is 6.66. The zero-order valence-corrected chi connectivity index (χ0v) is 11.5. The number of rotatable bonds is 3. The molecule has 0 aliphatic heterocycles. The van der Waals surface area contributed by atoms with Crippen molar-refractivity contribution in [1.29, 1.82) is 5.26 Å². The zero-order chi connectivity index (χ0) is 15.4. The van der Waals surface area contributed by atoms with Crippen molar-refractivity contribution in [2.45, 2.75) is 0 Å². The highest BCUT2D eigenvalue weighted by molar-refractivity contribution is 5.82. The molecule has 0 saturated carbocycles. The van der Waals surface area contributed by atoms with Crippen LogP contribution in [-0.4, -0.2) is 6.21 Å². The van der Waals surface area contributed by atoms with Gasteiger partial charge in [0.1, 0.15) is 23.2 Å². The second-order valence-corrected chi connectivity index (χ2v) is 4.59. The van der Waals surface area contributed by atoms with E-state index in [1.54, 1.807) is 24.3 Å². The second kappa shape index (κ2) is 6.06. The molecule has 2 aromatic carbocycles. The number of aliphatic imine (C=N–C) groups is 1. The summed E-state index contributed by atoms with van der Waals surface area (Å²) in [5.41, 5.74) is 1.50. The lowest BCUT2D eigenvalue weighted by atomic mass is 10.1. The Balaban J connectivity index is 1.96. The molecule has 1 heterocycles. The molecular weight excluding hydrogens is 279 g/mol. The quantitative estimate of drug-likeness (QED) is 0.656. The van der Waals surface area contributed by atoms with Crippen LogP contribution in [0, 0.1) is 17.1 Å².